The van der Waals surface area contributed by atoms with Gasteiger partial charge < -0.3 is 10.6 Å². The second-order valence-corrected chi connectivity index (χ2v) is 7.82. The molecule has 0 atom stereocenters. The molecule has 0 heterocycles. The molecule has 2 fully saturated rings. The molecule has 0 spiro atoms. The number of carbonyl (C=O) groups excluding carboxylic acids is 1. The maximum Gasteiger partial charge on any atom is 0.234 e. The lowest BCUT2D eigenvalue weighted by Crippen LogP contribution is -2.44. The number of carbonyl (C=O) groups is 1. The lowest BCUT2D eigenvalue weighted by Gasteiger charge is -2.39. The first-order chi connectivity index (χ1) is 10.0. The van der Waals surface area contributed by atoms with Gasteiger partial charge in [-0.3, -0.25) is 4.79 Å². The van der Waals surface area contributed by atoms with Crippen molar-refractivity contribution in [3.8, 4) is 0 Å². The van der Waals surface area contributed by atoms with Crippen LogP contribution in [0.2, 0.25) is 0 Å². The molecule has 1 amide bonds. The lowest BCUT2D eigenvalue weighted by molar-refractivity contribution is -0.121. The normalized spacial score (nSPS) is 27.8. The molecule has 2 N–H and O–H groups in total. The Bertz CT molecular complexity index is 326. The van der Waals surface area contributed by atoms with Crippen molar-refractivity contribution < 1.29 is 4.79 Å². The molecule has 3 heteroatoms. The maximum absolute atomic E-state index is 12.0. The van der Waals surface area contributed by atoms with Crippen molar-refractivity contribution in [1.82, 2.24) is 10.6 Å². The standard InChI is InChI=1S/C18H34N2O/c1-4-18(2,3)14-9-11-16(12-10-14)20-17(21)13-19-15-7-5-6-8-15/h14-16,19H,4-13H2,1-3H3,(H,20,21). The zero-order chi connectivity index (χ0) is 15.3. The summed E-state index contributed by atoms with van der Waals surface area (Å²) in [6.45, 7) is 7.58. The summed E-state index contributed by atoms with van der Waals surface area (Å²) in [6, 6.07) is 0.989. The number of rotatable bonds is 6. The first-order valence-corrected chi connectivity index (χ1v) is 9.04. The van der Waals surface area contributed by atoms with Crippen molar-refractivity contribution in [1.29, 1.82) is 0 Å². The van der Waals surface area contributed by atoms with Crippen molar-refractivity contribution in [2.75, 3.05) is 6.54 Å². The van der Waals surface area contributed by atoms with Crippen molar-refractivity contribution in [3.63, 3.8) is 0 Å². The first kappa shape index (κ1) is 16.8. The zero-order valence-electron chi connectivity index (χ0n) is 14.2. The highest BCUT2D eigenvalue weighted by atomic mass is 16.1. The van der Waals surface area contributed by atoms with Gasteiger partial charge in [-0.15, -0.1) is 0 Å². The Hall–Kier alpha value is -0.570. The molecule has 0 aromatic carbocycles. The molecule has 0 saturated heterocycles. The van der Waals surface area contributed by atoms with E-state index in [0.717, 1.165) is 18.8 Å². The van der Waals surface area contributed by atoms with E-state index in [1.165, 1.54) is 44.9 Å². The van der Waals surface area contributed by atoms with E-state index >= 15 is 0 Å². The third-order valence-corrected chi connectivity index (χ3v) is 6.02. The van der Waals surface area contributed by atoms with Crippen LogP contribution in [0.1, 0.15) is 78.6 Å². The van der Waals surface area contributed by atoms with Crippen molar-refractivity contribution >= 4 is 5.91 Å². The second-order valence-electron chi connectivity index (χ2n) is 7.82. The highest BCUT2D eigenvalue weighted by Crippen LogP contribution is 2.40. The molecule has 0 bridgehead atoms. The van der Waals surface area contributed by atoms with E-state index in [1.54, 1.807) is 0 Å². The van der Waals surface area contributed by atoms with E-state index in [1.807, 2.05) is 0 Å². The Kier molecular flexibility index (Phi) is 6.09. The van der Waals surface area contributed by atoms with Crippen LogP contribution in [0, 0.1) is 11.3 Å². The van der Waals surface area contributed by atoms with Crippen LogP contribution in [-0.2, 0) is 4.79 Å². The fourth-order valence-corrected chi connectivity index (χ4v) is 3.95. The van der Waals surface area contributed by atoms with E-state index in [9.17, 15) is 4.79 Å². The van der Waals surface area contributed by atoms with Gasteiger partial charge in [0.25, 0.3) is 0 Å². The third-order valence-electron chi connectivity index (χ3n) is 6.02. The van der Waals surface area contributed by atoms with E-state index < -0.39 is 0 Å². The molecule has 2 aliphatic carbocycles. The van der Waals surface area contributed by atoms with Crippen molar-refractivity contribution in [2.24, 2.45) is 11.3 Å². The predicted octanol–water partition coefficient (Wildman–Crippen LogP) is 3.63. The van der Waals surface area contributed by atoms with E-state index in [2.05, 4.69) is 31.4 Å². The van der Waals surface area contributed by atoms with E-state index in [0.29, 0.717) is 24.0 Å². The Morgan fingerprint density at radius 1 is 1.00 bits per heavy atom. The lowest BCUT2D eigenvalue weighted by atomic mass is 9.69. The molecular weight excluding hydrogens is 260 g/mol. The van der Waals surface area contributed by atoms with Crippen LogP contribution < -0.4 is 10.6 Å². The van der Waals surface area contributed by atoms with Gasteiger partial charge in [0.05, 0.1) is 6.54 Å². The molecule has 0 aromatic heterocycles. The van der Waals surface area contributed by atoms with Gasteiger partial charge in [-0.05, 0) is 49.9 Å². The summed E-state index contributed by atoms with van der Waals surface area (Å²) in [5.74, 6) is 1.02. The van der Waals surface area contributed by atoms with Crippen LogP contribution in [0.15, 0.2) is 0 Å². The smallest absolute Gasteiger partial charge is 0.234 e. The van der Waals surface area contributed by atoms with E-state index in [-0.39, 0.29) is 5.91 Å². The molecule has 2 rings (SSSR count). The zero-order valence-corrected chi connectivity index (χ0v) is 14.2. The SMILES string of the molecule is CCC(C)(C)C1CCC(NC(=O)CNC2CCCC2)CC1. The van der Waals surface area contributed by atoms with Crippen LogP contribution in [-0.4, -0.2) is 24.5 Å². The van der Waals surface area contributed by atoms with Crippen LogP contribution in [0.25, 0.3) is 0 Å². The van der Waals surface area contributed by atoms with Gasteiger partial charge in [-0.1, -0.05) is 40.0 Å². The summed E-state index contributed by atoms with van der Waals surface area (Å²) in [5, 5.41) is 6.63. The average Bonchev–Trinajstić information content (AvgIpc) is 2.99. The third kappa shape index (κ3) is 4.98. The summed E-state index contributed by atoms with van der Waals surface area (Å²) in [7, 11) is 0. The average molecular weight is 294 g/mol. The minimum Gasteiger partial charge on any atom is -0.352 e. The topological polar surface area (TPSA) is 41.1 Å². The largest absolute Gasteiger partial charge is 0.352 e. The molecule has 2 saturated carbocycles. The van der Waals surface area contributed by atoms with Gasteiger partial charge in [0.1, 0.15) is 0 Å². The van der Waals surface area contributed by atoms with Gasteiger partial charge in [-0.25, -0.2) is 0 Å². The fraction of sp³-hybridized carbons (Fsp3) is 0.944. The van der Waals surface area contributed by atoms with Crippen molar-refractivity contribution in [3.05, 3.63) is 0 Å². The highest BCUT2D eigenvalue weighted by Gasteiger charge is 2.32. The Labute approximate surface area is 130 Å². The summed E-state index contributed by atoms with van der Waals surface area (Å²) in [4.78, 5) is 12.0. The molecule has 0 aromatic rings. The monoisotopic (exact) mass is 294 g/mol. The van der Waals surface area contributed by atoms with Crippen LogP contribution in [0.3, 0.4) is 0 Å². The highest BCUT2D eigenvalue weighted by molar-refractivity contribution is 5.78. The van der Waals surface area contributed by atoms with Gasteiger partial charge in [0, 0.05) is 12.1 Å². The van der Waals surface area contributed by atoms with Gasteiger partial charge in [-0.2, -0.15) is 0 Å². The minimum atomic E-state index is 0.195. The molecule has 122 valence electrons. The number of hydrogen-bond acceptors (Lipinski definition) is 2. The van der Waals surface area contributed by atoms with Crippen molar-refractivity contribution in [2.45, 2.75) is 90.6 Å². The summed E-state index contributed by atoms with van der Waals surface area (Å²) in [6.07, 6.45) is 11.2. The molecular formula is C18H34N2O. The van der Waals surface area contributed by atoms with Crippen LogP contribution >= 0.6 is 0 Å². The molecule has 3 nitrogen and oxygen atoms in total. The number of nitrogens with one attached hydrogen (secondary N) is 2. The summed E-state index contributed by atoms with van der Waals surface area (Å²) in [5.41, 5.74) is 0.457. The Morgan fingerprint density at radius 2 is 1.62 bits per heavy atom. The Balaban J connectivity index is 1.64. The summed E-state index contributed by atoms with van der Waals surface area (Å²) >= 11 is 0. The fourth-order valence-electron chi connectivity index (χ4n) is 3.95. The molecule has 0 unspecified atom stereocenters. The number of amides is 1. The first-order valence-electron chi connectivity index (χ1n) is 9.04. The molecule has 0 aliphatic heterocycles. The second kappa shape index (κ2) is 7.62. The number of hydrogen-bond donors (Lipinski definition) is 2. The quantitative estimate of drug-likeness (QED) is 0.785. The van der Waals surface area contributed by atoms with Gasteiger partial charge in [0.2, 0.25) is 5.91 Å². The van der Waals surface area contributed by atoms with Gasteiger partial charge in [0.15, 0.2) is 0 Å². The summed E-state index contributed by atoms with van der Waals surface area (Å²) < 4.78 is 0. The predicted molar refractivity (Wildman–Crippen MR) is 88.2 cm³/mol. The van der Waals surface area contributed by atoms with Crippen LogP contribution in [0.5, 0.6) is 0 Å². The molecule has 21 heavy (non-hydrogen) atoms. The molecule has 0 radical (unpaired) electrons. The maximum atomic E-state index is 12.0. The van der Waals surface area contributed by atoms with Crippen LogP contribution in [0.4, 0.5) is 0 Å². The van der Waals surface area contributed by atoms with E-state index in [4.69, 9.17) is 0 Å². The minimum absolute atomic E-state index is 0.195. The Morgan fingerprint density at radius 3 is 2.19 bits per heavy atom. The molecule has 2 aliphatic rings. The van der Waals surface area contributed by atoms with Gasteiger partial charge >= 0.3 is 0 Å².